The Hall–Kier alpha value is -1.63. The number of amides is 2. The number of hydrogen-bond donors (Lipinski definition) is 3. The van der Waals surface area contributed by atoms with E-state index in [9.17, 15) is 14.4 Å². The number of carbonyl (C=O) groups excluding carboxylic acids is 2. The second-order valence-electron chi connectivity index (χ2n) is 2.90. The minimum absolute atomic E-state index is 0.0108. The molecule has 0 aliphatic carbocycles. The van der Waals surface area contributed by atoms with Gasteiger partial charge in [0.25, 0.3) is 5.91 Å². The number of hydrogen-bond acceptors (Lipinski definition) is 4. The van der Waals surface area contributed by atoms with Crippen LogP contribution in [0.15, 0.2) is 0 Å². The van der Waals surface area contributed by atoms with Gasteiger partial charge in [-0.1, -0.05) is 0 Å². The lowest BCUT2D eigenvalue weighted by Gasteiger charge is -2.10. The molecule has 7 heteroatoms. The van der Waals surface area contributed by atoms with E-state index >= 15 is 0 Å². The topological polar surface area (TPSA) is 105 Å². The van der Waals surface area contributed by atoms with Crippen LogP contribution in [0.25, 0.3) is 0 Å². The Labute approximate surface area is 79.4 Å². The van der Waals surface area contributed by atoms with E-state index in [1.807, 2.05) is 5.48 Å². The molecule has 0 bridgehead atoms. The molecule has 1 fully saturated rings. The molecule has 0 radical (unpaired) electrons. The van der Waals surface area contributed by atoms with Crippen LogP contribution in [0.2, 0.25) is 0 Å². The summed E-state index contributed by atoms with van der Waals surface area (Å²) >= 11 is 0. The highest BCUT2D eigenvalue weighted by atomic mass is 16.7. The van der Waals surface area contributed by atoms with Gasteiger partial charge < -0.3 is 10.4 Å². The fraction of sp³-hybridized carbons (Fsp3) is 0.571. The number of carbonyl (C=O) groups is 3. The number of rotatable bonds is 3. The zero-order chi connectivity index (χ0) is 10.7. The van der Waals surface area contributed by atoms with Gasteiger partial charge in [-0.2, -0.15) is 0 Å². The minimum Gasteiger partial charge on any atom is -0.481 e. The van der Waals surface area contributed by atoms with E-state index in [1.165, 1.54) is 6.92 Å². The largest absolute Gasteiger partial charge is 0.481 e. The van der Waals surface area contributed by atoms with Gasteiger partial charge in [0.15, 0.2) is 0 Å². The molecule has 78 valence electrons. The van der Waals surface area contributed by atoms with Crippen molar-refractivity contribution in [2.75, 3.05) is 6.61 Å². The zero-order valence-electron chi connectivity index (χ0n) is 7.44. The van der Waals surface area contributed by atoms with E-state index in [-0.39, 0.29) is 6.61 Å². The van der Waals surface area contributed by atoms with Crippen LogP contribution in [-0.4, -0.2) is 35.5 Å². The van der Waals surface area contributed by atoms with E-state index in [1.54, 1.807) is 0 Å². The van der Waals surface area contributed by atoms with E-state index in [0.717, 1.165) is 0 Å². The lowest BCUT2D eigenvalue weighted by atomic mass is 10.1. The summed E-state index contributed by atoms with van der Waals surface area (Å²) in [4.78, 5) is 37.0. The molecule has 2 unspecified atom stereocenters. The summed E-state index contributed by atoms with van der Waals surface area (Å²) in [6, 6.07) is -0.802. The summed E-state index contributed by atoms with van der Waals surface area (Å²) in [6.45, 7) is 1.25. The van der Waals surface area contributed by atoms with Crippen LogP contribution in [0, 0.1) is 5.92 Å². The number of nitrogens with one attached hydrogen (secondary N) is 2. The Bertz CT molecular complexity index is 277. The fourth-order valence-corrected chi connectivity index (χ4v) is 0.859. The Morgan fingerprint density at radius 2 is 2.36 bits per heavy atom. The highest BCUT2D eigenvalue weighted by molar-refractivity contribution is 5.98. The van der Waals surface area contributed by atoms with Crippen LogP contribution in [0.4, 0.5) is 0 Å². The predicted octanol–water partition coefficient (Wildman–Crippen LogP) is -1.75. The first kappa shape index (κ1) is 10.5. The SMILES string of the molecule is CC(C(=O)O)C(=O)NC1CONC1=O. The van der Waals surface area contributed by atoms with Crippen molar-refractivity contribution in [3.05, 3.63) is 0 Å². The zero-order valence-corrected chi connectivity index (χ0v) is 7.44. The van der Waals surface area contributed by atoms with Gasteiger partial charge >= 0.3 is 5.97 Å². The second kappa shape index (κ2) is 4.05. The van der Waals surface area contributed by atoms with E-state index < -0.39 is 29.7 Å². The number of hydroxylamine groups is 1. The summed E-state index contributed by atoms with van der Waals surface area (Å²) in [5, 5.41) is 10.8. The molecule has 0 aromatic rings. The normalized spacial score (nSPS) is 22.6. The minimum atomic E-state index is -1.23. The quantitative estimate of drug-likeness (QED) is 0.471. The predicted molar refractivity (Wildman–Crippen MR) is 42.8 cm³/mol. The molecule has 1 saturated heterocycles. The Morgan fingerprint density at radius 1 is 1.71 bits per heavy atom. The lowest BCUT2D eigenvalue weighted by Crippen LogP contribution is -2.45. The third kappa shape index (κ3) is 2.19. The monoisotopic (exact) mass is 202 g/mol. The van der Waals surface area contributed by atoms with Crippen molar-refractivity contribution >= 4 is 17.8 Å². The molecule has 0 spiro atoms. The van der Waals surface area contributed by atoms with Crippen molar-refractivity contribution in [3.8, 4) is 0 Å². The van der Waals surface area contributed by atoms with Gasteiger partial charge in [0.1, 0.15) is 18.6 Å². The fourth-order valence-electron chi connectivity index (χ4n) is 0.859. The molecule has 0 saturated carbocycles. The van der Waals surface area contributed by atoms with Crippen molar-refractivity contribution in [1.82, 2.24) is 10.8 Å². The van der Waals surface area contributed by atoms with Gasteiger partial charge in [-0.15, -0.1) is 0 Å². The van der Waals surface area contributed by atoms with Crippen molar-refractivity contribution < 1.29 is 24.3 Å². The first-order chi connectivity index (χ1) is 6.52. The first-order valence-electron chi connectivity index (χ1n) is 3.97. The molecule has 2 amide bonds. The maximum absolute atomic E-state index is 11.2. The summed E-state index contributed by atoms with van der Waals surface area (Å²) in [5.41, 5.74) is 2.04. The van der Waals surface area contributed by atoms with E-state index in [0.29, 0.717) is 0 Å². The molecule has 0 aromatic carbocycles. The van der Waals surface area contributed by atoms with Crippen LogP contribution >= 0.6 is 0 Å². The third-order valence-electron chi connectivity index (χ3n) is 1.82. The molecule has 1 rings (SSSR count). The van der Waals surface area contributed by atoms with Gasteiger partial charge in [-0.25, -0.2) is 5.48 Å². The molecule has 3 N–H and O–H groups in total. The van der Waals surface area contributed by atoms with Gasteiger partial charge in [-0.05, 0) is 6.92 Å². The summed E-state index contributed by atoms with van der Waals surface area (Å²) in [5.74, 6) is -3.59. The van der Waals surface area contributed by atoms with Crippen LogP contribution in [-0.2, 0) is 19.2 Å². The Balaban J connectivity index is 2.48. The summed E-state index contributed by atoms with van der Waals surface area (Å²) in [7, 11) is 0. The summed E-state index contributed by atoms with van der Waals surface area (Å²) < 4.78 is 0. The molecular weight excluding hydrogens is 192 g/mol. The highest BCUT2D eigenvalue weighted by Gasteiger charge is 2.30. The average Bonchev–Trinajstić information content (AvgIpc) is 2.50. The third-order valence-corrected chi connectivity index (χ3v) is 1.82. The number of carboxylic acid groups (broad SMARTS) is 1. The van der Waals surface area contributed by atoms with Crippen LogP contribution in [0.5, 0.6) is 0 Å². The lowest BCUT2D eigenvalue weighted by molar-refractivity contribution is -0.146. The second-order valence-corrected chi connectivity index (χ2v) is 2.90. The van der Waals surface area contributed by atoms with E-state index in [2.05, 4.69) is 10.2 Å². The smallest absolute Gasteiger partial charge is 0.315 e. The molecule has 0 aromatic heterocycles. The number of carboxylic acids is 1. The van der Waals surface area contributed by atoms with Gasteiger partial charge in [0, 0.05) is 0 Å². The number of aliphatic carboxylic acids is 1. The van der Waals surface area contributed by atoms with Crippen molar-refractivity contribution in [2.24, 2.45) is 5.92 Å². The van der Waals surface area contributed by atoms with Crippen molar-refractivity contribution in [2.45, 2.75) is 13.0 Å². The molecule has 7 nitrogen and oxygen atoms in total. The van der Waals surface area contributed by atoms with Gasteiger partial charge in [-0.3, -0.25) is 19.2 Å². The molecule has 1 aliphatic heterocycles. The maximum Gasteiger partial charge on any atom is 0.315 e. The molecular formula is C7H10N2O5. The van der Waals surface area contributed by atoms with E-state index in [4.69, 9.17) is 5.11 Å². The van der Waals surface area contributed by atoms with Gasteiger partial charge in [0.2, 0.25) is 5.91 Å². The van der Waals surface area contributed by atoms with Crippen LogP contribution in [0.1, 0.15) is 6.92 Å². The Morgan fingerprint density at radius 3 is 2.79 bits per heavy atom. The highest BCUT2D eigenvalue weighted by Crippen LogP contribution is 1.99. The first-order valence-corrected chi connectivity index (χ1v) is 3.97. The average molecular weight is 202 g/mol. The van der Waals surface area contributed by atoms with Crippen molar-refractivity contribution in [1.29, 1.82) is 0 Å². The van der Waals surface area contributed by atoms with Crippen molar-refractivity contribution in [3.63, 3.8) is 0 Å². The molecule has 14 heavy (non-hydrogen) atoms. The summed E-state index contributed by atoms with van der Waals surface area (Å²) in [6.07, 6.45) is 0. The molecule has 1 aliphatic rings. The Kier molecular flexibility index (Phi) is 3.03. The standard InChI is InChI=1S/C7H10N2O5/c1-3(7(12)13)5(10)8-4-2-14-9-6(4)11/h3-4H,2H2,1H3,(H,8,10)(H,9,11)(H,12,13). The van der Waals surface area contributed by atoms with Crippen LogP contribution in [0.3, 0.4) is 0 Å². The maximum atomic E-state index is 11.2. The molecule has 1 heterocycles. The van der Waals surface area contributed by atoms with Crippen LogP contribution < -0.4 is 10.8 Å². The van der Waals surface area contributed by atoms with Gasteiger partial charge in [0.05, 0.1) is 0 Å². The molecule has 2 atom stereocenters.